The lowest BCUT2D eigenvalue weighted by Gasteiger charge is -2.09. The van der Waals surface area contributed by atoms with E-state index in [0.717, 1.165) is 29.8 Å². The minimum absolute atomic E-state index is 0.0179. The fourth-order valence-electron chi connectivity index (χ4n) is 3.78. The number of hydrogen-bond donors (Lipinski definition) is 1. The lowest BCUT2D eigenvalue weighted by Crippen LogP contribution is -2.11. The van der Waals surface area contributed by atoms with E-state index in [9.17, 15) is 4.79 Å². The van der Waals surface area contributed by atoms with Crippen molar-refractivity contribution in [2.75, 3.05) is 5.32 Å². The Hall–Kier alpha value is -3.15. The fourth-order valence-corrected chi connectivity index (χ4v) is 3.78. The number of nitrogens with zero attached hydrogens (tertiary/aromatic N) is 3. The molecule has 0 aliphatic rings. The van der Waals surface area contributed by atoms with Crippen LogP contribution in [0, 0.1) is 6.92 Å². The quantitative estimate of drug-likeness (QED) is 0.275. The molecule has 182 valence electrons. The summed E-state index contributed by atoms with van der Waals surface area (Å²) in [5.74, 6) is 0.779. The van der Waals surface area contributed by atoms with Gasteiger partial charge < -0.3 is 10.1 Å². The molecule has 1 heterocycles. The van der Waals surface area contributed by atoms with Crippen LogP contribution in [-0.4, -0.2) is 26.8 Å². The molecular formula is C28H38N4O2. The van der Waals surface area contributed by atoms with Crippen molar-refractivity contribution >= 4 is 11.6 Å². The Morgan fingerprint density at radius 1 is 0.941 bits per heavy atom. The maximum Gasteiger partial charge on any atom is 0.336 e. The number of anilines is 1. The minimum Gasteiger partial charge on any atom is -0.460 e. The van der Waals surface area contributed by atoms with Crippen LogP contribution >= 0.6 is 0 Å². The van der Waals surface area contributed by atoms with Crippen molar-refractivity contribution in [3.63, 3.8) is 0 Å². The van der Waals surface area contributed by atoms with Gasteiger partial charge >= 0.3 is 6.01 Å². The topological polar surface area (TPSA) is 69.0 Å². The van der Waals surface area contributed by atoms with Gasteiger partial charge in [0, 0.05) is 17.7 Å². The smallest absolute Gasteiger partial charge is 0.336 e. The third-order valence-electron chi connectivity index (χ3n) is 5.64. The van der Waals surface area contributed by atoms with E-state index in [-0.39, 0.29) is 12.0 Å². The number of rotatable bonds is 13. The van der Waals surface area contributed by atoms with Gasteiger partial charge in [-0.3, -0.25) is 4.79 Å². The molecule has 0 saturated carbocycles. The van der Waals surface area contributed by atoms with E-state index < -0.39 is 0 Å². The van der Waals surface area contributed by atoms with E-state index in [4.69, 9.17) is 4.74 Å². The molecule has 6 nitrogen and oxygen atoms in total. The standard InChI is InChI=1S/C28H38N4O2/c1-5-6-7-8-9-10-11-12-26(33)29-24-17-19-25(20-18-24)32-27(23-15-13-22(4)14-16-23)30-28(31-32)34-21(2)3/h13-21H,5-12H2,1-4H3,(H,29,33). The molecule has 1 amide bonds. The molecular weight excluding hydrogens is 424 g/mol. The van der Waals surface area contributed by atoms with E-state index in [1.54, 1.807) is 4.68 Å². The van der Waals surface area contributed by atoms with Gasteiger partial charge in [0.25, 0.3) is 0 Å². The van der Waals surface area contributed by atoms with Crippen LogP contribution in [0.5, 0.6) is 6.01 Å². The average molecular weight is 463 g/mol. The average Bonchev–Trinajstić information content (AvgIpc) is 3.22. The first-order valence-electron chi connectivity index (χ1n) is 12.6. The Morgan fingerprint density at radius 2 is 1.59 bits per heavy atom. The number of carbonyl (C=O) groups excluding carboxylic acids is 1. The Balaban J connectivity index is 1.64. The number of carbonyl (C=O) groups is 1. The van der Waals surface area contributed by atoms with Gasteiger partial charge in [0.1, 0.15) is 0 Å². The van der Waals surface area contributed by atoms with Crippen molar-refractivity contribution in [2.45, 2.75) is 85.2 Å². The van der Waals surface area contributed by atoms with E-state index in [2.05, 4.69) is 41.4 Å². The van der Waals surface area contributed by atoms with Gasteiger partial charge in [-0.2, -0.15) is 4.98 Å². The molecule has 3 aromatic rings. The maximum absolute atomic E-state index is 12.3. The molecule has 3 rings (SSSR count). The molecule has 0 radical (unpaired) electrons. The van der Waals surface area contributed by atoms with Gasteiger partial charge in [-0.05, 0) is 51.5 Å². The van der Waals surface area contributed by atoms with Crippen LogP contribution in [0.15, 0.2) is 48.5 Å². The normalized spacial score (nSPS) is 11.1. The fraction of sp³-hybridized carbons (Fsp3) is 0.464. The molecule has 0 atom stereocenters. The molecule has 1 aromatic heterocycles. The highest BCUT2D eigenvalue weighted by atomic mass is 16.5. The molecule has 0 spiro atoms. The van der Waals surface area contributed by atoms with Gasteiger partial charge in [0.05, 0.1) is 11.8 Å². The first-order chi connectivity index (χ1) is 16.5. The first kappa shape index (κ1) is 25.5. The number of benzene rings is 2. The van der Waals surface area contributed by atoms with Crippen LogP contribution in [-0.2, 0) is 4.79 Å². The molecule has 0 fully saturated rings. The summed E-state index contributed by atoms with van der Waals surface area (Å²) in [5.41, 5.74) is 3.79. The van der Waals surface area contributed by atoms with Crippen molar-refractivity contribution < 1.29 is 9.53 Å². The second-order valence-electron chi connectivity index (χ2n) is 9.13. The Kier molecular flexibility index (Phi) is 9.68. The number of hydrogen-bond acceptors (Lipinski definition) is 4. The zero-order valence-electron chi connectivity index (χ0n) is 21.0. The monoisotopic (exact) mass is 462 g/mol. The highest BCUT2D eigenvalue weighted by Gasteiger charge is 2.16. The van der Waals surface area contributed by atoms with E-state index >= 15 is 0 Å². The predicted octanol–water partition coefficient (Wildman–Crippen LogP) is 7.11. The molecule has 0 unspecified atom stereocenters. The van der Waals surface area contributed by atoms with Crippen molar-refractivity contribution in [3.05, 3.63) is 54.1 Å². The zero-order chi connectivity index (χ0) is 24.3. The minimum atomic E-state index is -0.0179. The number of aromatic nitrogens is 3. The summed E-state index contributed by atoms with van der Waals surface area (Å²) >= 11 is 0. The molecule has 0 aliphatic carbocycles. The van der Waals surface area contributed by atoms with Crippen molar-refractivity contribution in [2.24, 2.45) is 0 Å². The highest BCUT2D eigenvalue weighted by Crippen LogP contribution is 2.25. The van der Waals surface area contributed by atoms with Gasteiger partial charge in [-0.1, -0.05) is 75.3 Å². The van der Waals surface area contributed by atoms with Crippen LogP contribution in [0.2, 0.25) is 0 Å². The number of aryl methyl sites for hydroxylation is 1. The molecule has 0 saturated heterocycles. The lowest BCUT2D eigenvalue weighted by molar-refractivity contribution is -0.116. The number of unbranched alkanes of at least 4 members (excludes halogenated alkanes) is 6. The Labute approximate surface area is 203 Å². The summed E-state index contributed by atoms with van der Waals surface area (Å²) in [5, 5.41) is 7.59. The number of ether oxygens (including phenoxy) is 1. The second-order valence-corrected chi connectivity index (χ2v) is 9.13. The Bertz CT molecular complexity index is 1020. The summed E-state index contributed by atoms with van der Waals surface area (Å²) in [6, 6.07) is 16.2. The summed E-state index contributed by atoms with van der Waals surface area (Å²) in [4.78, 5) is 16.9. The molecule has 34 heavy (non-hydrogen) atoms. The van der Waals surface area contributed by atoms with Crippen LogP contribution in [0.25, 0.3) is 17.1 Å². The molecule has 6 heteroatoms. The SMILES string of the molecule is CCCCCCCCCC(=O)Nc1ccc(-n2nc(OC(C)C)nc2-c2ccc(C)cc2)cc1. The van der Waals surface area contributed by atoms with E-state index in [1.807, 2.05) is 50.2 Å². The second kappa shape index (κ2) is 12.9. The van der Waals surface area contributed by atoms with Crippen LogP contribution in [0.1, 0.15) is 77.7 Å². The lowest BCUT2D eigenvalue weighted by atomic mass is 10.1. The predicted molar refractivity (Wildman–Crippen MR) is 139 cm³/mol. The Morgan fingerprint density at radius 3 is 2.24 bits per heavy atom. The van der Waals surface area contributed by atoms with Crippen molar-refractivity contribution in [1.29, 1.82) is 0 Å². The van der Waals surface area contributed by atoms with Gasteiger partial charge in [-0.15, -0.1) is 5.10 Å². The molecule has 2 aromatic carbocycles. The third kappa shape index (κ3) is 7.72. The summed E-state index contributed by atoms with van der Waals surface area (Å²) in [7, 11) is 0. The molecule has 0 aliphatic heterocycles. The first-order valence-corrected chi connectivity index (χ1v) is 12.6. The van der Waals surface area contributed by atoms with Gasteiger partial charge in [0.15, 0.2) is 5.82 Å². The van der Waals surface area contributed by atoms with Gasteiger partial charge in [-0.25, -0.2) is 4.68 Å². The largest absolute Gasteiger partial charge is 0.460 e. The van der Waals surface area contributed by atoms with Crippen LogP contribution in [0.3, 0.4) is 0 Å². The molecule has 0 bridgehead atoms. The molecule has 1 N–H and O–H groups in total. The van der Waals surface area contributed by atoms with Crippen LogP contribution in [0.4, 0.5) is 5.69 Å². The highest BCUT2D eigenvalue weighted by molar-refractivity contribution is 5.90. The summed E-state index contributed by atoms with van der Waals surface area (Å²) < 4.78 is 7.54. The number of nitrogens with one attached hydrogen (secondary N) is 1. The van der Waals surface area contributed by atoms with Crippen molar-refractivity contribution in [3.8, 4) is 23.1 Å². The summed E-state index contributed by atoms with van der Waals surface area (Å²) in [6.45, 7) is 8.19. The number of amides is 1. The maximum atomic E-state index is 12.3. The van der Waals surface area contributed by atoms with Gasteiger partial charge in [0.2, 0.25) is 5.91 Å². The zero-order valence-corrected chi connectivity index (χ0v) is 21.0. The third-order valence-corrected chi connectivity index (χ3v) is 5.64. The van der Waals surface area contributed by atoms with Crippen LogP contribution < -0.4 is 10.1 Å². The summed E-state index contributed by atoms with van der Waals surface area (Å²) in [6.07, 6.45) is 8.96. The van der Waals surface area contributed by atoms with E-state index in [1.165, 1.54) is 37.7 Å². The van der Waals surface area contributed by atoms with E-state index in [0.29, 0.717) is 18.3 Å². The van der Waals surface area contributed by atoms with Crippen molar-refractivity contribution in [1.82, 2.24) is 14.8 Å².